The van der Waals surface area contributed by atoms with Crippen LogP contribution in [0, 0.1) is 0 Å². The molecule has 0 aliphatic heterocycles. The Kier molecular flexibility index (Phi) is 3.78. The molecule has 22 heavy (non-hydrogen) atoms. The second-order valence-electron chi connectivity index (χ2n) is 4.40. The lowest BCUT2D eigenvalue weighted by Gasteiger charge is -2.04. The number of nitrogens with zero attached hydrogens (tertiary/aromatic N) is 2. The maximum Gasteiger partial charge on any atom is 0.290 e. The van der Waals surface area contributed by atoms with Crippen molar-refractivity contribution in [2.75, 3.05) is 4.72 Å². The fourth-order valence-electron chi connectivity index (χ4n) is 1.75. The first-order chi connectivity index (χ1) is 10.5. The Morgan fingerprint density at radius 2 is 1.68 bits per heavy atom. The Labute approximate surface area is 131 Å². The molecule has 0 radical (unpaired) electrons. The van der Waals surface area contributed by atoms with E-state index in [1.807, 2.05) is 30.3 Å². The lowest BCUT2D eigenvalue weighted by atomic mass is 10.2. The molecule has 0 aliphatic rings. The molecule has 1 aromatic heterocycles. The van der Waals surface area contributed by atoms with Crippen LogP contribution >= 0.6 is 11.5 Å². The third-order valence-electron chi connectivity index (χ3n) is 2.79. The molecule has 0 saturated carbocycles. The number of phenolic OH excluding ortho intramolecular Hbond substituents is 1. The molecule has 0 atom stereocenters. The number of aromatic nitrogens is 2. The molecule has 0 saturated heterocycles. The fourth-order valence-corrected chi connectivity index (χ4v) is 3.56. The summed E-state index contributed by atoms with van der Waals surface area (Å²) < 4.78 is 30.9. The van der Waals surface area contributed by atoms with Crippen LogP contribution in [0.25, 0.3) is 11.4 Å². The Morgan fingerprint density at radius 1 is 1.00 bits per heavy atom. The van der Waals surface area contributed by atoms with Gasteiger partial charge in [0.25, 0.3) is 10.0 Å². The van der Waals surface area contributed by atoms with Gasteiger partial charge in [0.1, 0.15) is 5.75 Å². The molecule has 0 bridgehead atoms. The highest BCUT2D eigenvalue weighted by atomic mass is 32.2. The number of phenols is 1. The van der Waals surface area contributed by atoms with Gasteiger partial charge in [-0.05, 0) is 24.3 Å². The number of hydrogen-bond acceptors (Lipinski definition) is 6. The van der Waals surface area contributed by atoms with Crippen molar-refractivity contribution in [3.63, 3.8) is 0 Å². The van der Waals surface area contributed by atoms with Crippen molar-refractivity contribution in [2.45, 2.75) is 4.34 Å². The van der Waals surface area contributed by atoms with E-state index >= 15 is 0 Å². The minimum atomic E-state index is -3.80. The van der Waals surface area contributed by atoms with E-state index < -0.39 is 10.0 Å². The van der Waals surface area contributed by atoms with Crippen molar-refractivity contribution >= 4 is 27.2 Å². The number of hydrogen-bond donors (Lipinski definition) is 2. The third kappa shape index (κ3) is 3.07. The summed E-state index contributed by atoms with van der Waals surface area (Å²) >= 11 is 0.813. The summed E-state index contributed by atoms with van der Waals surface area (Å²) in [4.78, 5) is 4.07. The molecule has 3 aromatic rings. The first kappa shape index (κ1) is 14.5. The average Bonchev–Trinajstić information content (AvgIpc) is 3.01. The molecule has 2 N–H and O–H groups in total. The van der Waals surface area contributed by atoms with Gasteiger partial charge in [0.05, 0.1) is 0 Å². The van der Waals surface area contributed by atoms with E-state index in [1.165, 1.54) is 24.3 Å². The van der Waals surface area contributed by atoms with Crippen LogP contribution < -0.4 is 4.72 Å². The highest BCUT2D eigenvalue weighted by Crippen LogP contribution is 2.23. The second kappa shape index (κ2) is 5.74. The van der Waals surface area contributed by atoms with Crippen molar-refractivity contribution in [1.82, 2.24) is 9.36 Å². The molecule has 0 fully saturated rings. The van der Waals surface area contributed by atoms with Crippen molar-refractivity contribution < 1.29 is 13.5 Å². The molecule has 112 valence electrons. The summed E-state index contributed by atoms with van der Waals surface area (Å²) in [6.07, 6.45) is 0. The Hall–Kier alpha value is -2.45. The summed E-state index contributed by atoms with van der Waals surface area (Å²) in [5.41, 5.74) is 1.10. The summed E-state index contributed by atoms with van der Waals surface area (Å²) in [5, 5.41) is 9.20. The summed E-state index contributed by atoms with van der Waals surface area (Å²) in [5.74, 6) is 0.432. The van der Waals surface area contributed by atoms with Crippen LogP contribution in [-0.4, -0.2) is 22.9 Å². The summed E-state index contributed by atoms with van der Waals surface area (Å²) in [7, 11) is -3.80. The minimum Gasteiger partial charge on any atom is -0.508 e. The predicted molar refractivity (Wildman–Crippen MR) is 84.3 cm³/mol. The van der Waals surface area contributed by atoms with Crippen LogP contribution in [-0.2, 0) is 10.0 Å². The molecule has 0 amide bonds. The molecule has 0 aliphatic carbocycles. The highest BCUT2D eigenvalue weighted by molar-refractivity contribution is 7.94. The Bertz CT molecular complexity index is 875. The van der Waals surface area contributed by atoms with Gasteiger partial charge in [-0.2, -0.15) is 12.8 Å². The average molecular weight is 333 g/mol. The third-order valence-corrected chi connectivity index (χ3v) is 5.24. The molecule has 0 spiro atoms. The van der Waals surface area contributed by atoms with E-state index in [4.69, 9.17) is 0 Å². The predicted octanol–water partition coefficient (Wildman–Crippen LogP) is 2.71. The van der Waals surface area contributed by atoms with E-state index in [-0.39, 0.29) is 10.1 Å². The van der Waals surface area contributed by atoms with E-state index in [1.54, 1.807) is 0 Å². The van der Waals surface area contributed by atoms with Gasteiger partial charge in [-0.25, -0.2) is 4.98 Å². The molecule has 2 aromatic carbocycles. The zero-order valence-corrected chi connectivity index (χ0v) is 12.8. The zero-order valence-electron chi connectivity index (χ0n) is 11.2. The van der Waals surface area contributed by atoms with Gasteiger partial charge in [0.15, 0.2) is 5.82 Å². The Morgan fingerprint density at radius 3 is 2.36 bits per heavy atom. The van der Waals surface area contributed by atoms with Crippen LogP contribution in [0.5, 0.6) is 5.75 Å². The van der Waals surface area contributed by atoms with E-state index in [0.717, 1.165) is 17.1 Å². The maximum atomic E-state index is 12.3. The van der Waals surface area contributed by atoms with Crippen molar-refractivity contribution in [3.8, 4) is 17.1 Å². The monoisotopic (exact) mass is 333 g/mol. The molecule has 1 heterocycles. The first-order valence-electron chi connectivity index (χ1n) is 6.25. The van der Waals surface area contributed by atoms with Gasteiger partial charge in [-0.1, -0.05) is 30.3 Å². The van der Waals surface area contributed by atoms with Crippen LogP contribution in [0.2, 0.25) is 0 Å². The number of aromatic hydroxyl groups is 1. The molecule has 3 rings (SSSR count). The van der Waals surface area contributed by atoms with Crippen LogP contribution in [0.3, 0.4) is 0 Å². The Balaban J connectivity index is 1.87. The van der Waals surface area contributed by atoms with Gasteiger partial charge in [-0.15, -0.1) is 0 Å². The van der Waals surface area contributed by atoms with Gasteiger partial charge in [0, 0.05) is 22.8 Å². The first-order valence-corrected chi connectivity index (χ1v) is 8.51. The summed E-state index contributed by atoms with van der Waals surface area (Å²) in [6, 6.07) is 14.9. The smallest absolute Gasteiger partial charge is 0.290 e. The van der Waals surface area contributed by atoms with E-state index in [2.05, 4.69) is 14.1 Å². The van der Waals surface area contributed by atoms with Gasteiger partial charge >= 0.3 is 0 Å². The van der Waals surface area contributed by atoms with Gasteiger partial charge < -0.3 is 5.11 Å². The van der Waals surface area contributed by atoms with Crippen LogP contribution in [0.15, 0.2) is 58.9 Å². The largest absolute Gasteiger partial charge is 0.508 e. The number of sulfonamides is 1. The van der Waals surface area contributed by atoms with Crippen molar-refractivity contribution in [3.05, 3.63) is 54.6 Å². The normalized spacial score (nSPS) is 11.3. The SMILES string of the molecule is O=S(=O)(Nc1ccc(O)cc1)c1nc(-c2ccccc2)ns1. The lowest BCUT2D eigenvalue weighted by Crippen LogP contribution is -2.12. The number of nitrogens with one attached hydrogen (secondary N) is 1. The van der Waals surface area contributed by atoms with Crippen molar-refractivity contribution in [2.24, 2.45) is 0 Å². The van der Waals surface area contributed by atoms with Crippen LogP contribution in [0.1, 0.15) is 0 Å². The van der Waals surface area contributed by atoms with Gasteiger partial charge in [0.2, 0.25) is 4.34 Å². The molecular weight excluding hydrogens is 322 g/mol. The molecule has 8 heteroatoms. The topological polar surface area (TPSA) is 92.2 Å². The number of anilines is 1. The summed E-state index contributed by atoms with van der Waals surface area (Å²) in [6.45, 7) is 0. The van der Waals surface area contributed by atoms with Crippen molar-refractivity contribution in [1.29, 1.82) is 0 Å². The number of rotatable bonds is 4. The molecular formula is C14H11N3O3S2. The quantitative estimate of drug-likeness (QED) is 0.716. The fraction of sp³-hybridized carbons (Fsp3) is 0. The van der Waals surface area contributed by atoms with Gasteiger partial charge in [-0.3, -0.25) is 4.72 Å². The lowest BCUT2D eigenvalue weighted by molar-refractivity contribution is 0.475. The molecule has 0 unspecified atom stereocenters. The zero-order chi connectivity index (χ0) is 15.6. The maximum absolute atomic E-state index is 12.3. The highest BCUT2D eigenvalue weighted by Gasteiger charge is 2.20. The van der Waals surface area contributed by atoms with Crippen LogP contribution in [0.4, 0.5) is 5.69 Å². The molecule has 6 nitrogen and oxygen atoms in total. The van der Waals surface area contributed by atoms with E-state index in [0.29, 0.717) is 11.5 Å². The van der Waals surface area contributed by atoms with E-state index in [9.17, 15) is 13.5 Å². The standard InChI is InChI=1S/C14H11N3O3S2/c18-12-8-6-11(7-9-12)17-22(19,20)14-15-13(16-21-14)10-4-2-1-3-5-10/h1-9,17-18H. The number of benzene rings is 2. The minimum absolute atomic E-state index is 0.0604. The second-order valence-corrected chi connectivity index (χ2v) is 7.01.